The number of imide groups is 2. The van der Waals surface area contributed by atoms with Gasteiger partial charge in [-0.1, -0.05) is 42.8 Å². The van der Waals surface area contributed by atoms with Crippen molar-refractivity contribution in [1.82, 2.24) is 5.32 Å². The van der Waals surface area contributed by atoms with Crippen LogP contribution in [0.15, 0.2) is 66.2 Å². The molecule has 3 aromatic carbocycles. The van der Waals surface area contributed by atoms with Crippen LogP contribution < -0.4 is 19.7 Å². The third kappa shape index (κ3) is 5.81. The highest BCUT2D eigenvalue weighted by molar-refractivity contribution is 6.39. The van der Waals surface area contributed by atoms with E-state index in [1.165, 1.54) is 24.3 Å². The van der Waals surface area contributed by atoms with Gasteiger partial charge in [-0.25, -0.2) is 14.1 Å². The minimum atomic E-state index is -0.825. The number of barbiturate groups is 1. The third-order valence-corrected chi connectivity index (χ3v) is 5.92. The number of amides is 4. The highest BCUT2D eigenvalue weighted by Gasteiger charge is 2.36. The highest BCUT2D eigenvalue weighted by Crippen LogP contribution is 2.38. The van der Waals surface area contributed by atoms with Crippen molar-refractivity contribution in [3.05, 3.63) is 93.8 Å². The summed E-state index contributed by atoms with van der Waals surface area (Å²) in [6.07, 6.45) is 2.15. The number of benzene rings is 3. The molecule has 1 fully saturated rings. The predicted molar refractivity (Wildman–Crippen MR) is 138 cm³/mol. The van der Waals surface area contributed by atoms with Crippen LogP contribution in [0.25, 0.3) is 6.08 Å². The Bertz CT molecular complexity index is 1370. The summed E-state index contributed by atoms with van der Waals surface area (Å²) in [4.78, 5) is 39.2. The molecule has 4 amide bonds. The molecule has 190 valence electrons. The lowest BCUT2D eigenvalue weighted by molar-refractivity contribution is -0.122. The Morgan fingerprint density at radius 3 is 2.27 bits per heavy atom. The molecule has 37 heavy (non-hydrogen) atoms. The van der Waals surface area contributed by atoms with Crippen molar-refractivity contribution in [1.29, 1.82) is 0 Å². The van der Waals surface area contributed by atoms with E-state index in [9.17, 15) is 18.8 Å². The molecular formula is C28H24ClFN2O5. The zero-order valence-corrected chi connectivity index (χ0v) is 21.0. The quantitative estimate of drug-likeness (QED) is 0.304. The molecule has 1 aliphatic heterocycles. The number of halogens is 2. The number of anilines is 1. The van der Waals surface area contributed by atoms with Crippen LogP contribution in [0, 0.1) is 5.82 Å². The van der Waals surface area contributed by atoms with Gasteiger partial charge < -0.3 is 9.47 Å². The van der Waals surface area contributed by atoms with Gasteiger partial charge in [-0.15, -0.1) is 0 Å². The summed E-state index contributed by atoms with van der Waals surface area (Å²) >= 11 is 6.48. The number of ether oxygens (including phenoxy) is 2. The Morgan fingerprint density at radius 2 is 1.62 bits per heavy atom. The maximum absolute atomic E-state index is 13.2. The van der Waals surface area contributed by atoms with Gasteiger partial charge in [-0.05, 0) is 72.5 Å². The van der Waals surface area contributed by atoms with E-state index >= 15 is 0 Å². The average Bonchev–Trinajstić information content (AvgIpc) is 2.87. The number of rotatable bonds is 8. The van der Waals surface area contributed by atoms with E-state index < -0.39 is 17.8 Å². The first kappa shape index (κ1) is 25.9. The van der Waals surface area contributed by atoms with Gasteiger partial charge in [0.15, 0.2) is 11.5 Å². The van der Waals surface area contributed by atoms with E-state index in [0.717, 1.165) is 22.4 Å². The van der Waals surface area contributed by atoms with E-state index in [0.29, 0.717) is 23.6 Å². The van der Waals surface area contributed by atoms with Crippen LogP contribution in [0.3, 0.4) is 0 Å². The molecule has 1 heterocycles. The van der Waals surface area contributed by atoms with Crippen LogP contribution >= 0.6 is 11.6 Å². The minimum Gasteiger partial charge on any atom is -0.490 e. The summed E-state index contributed by atoms with van der Waals surface area (Å²) < 4.78 is 24.7. The normalized spacial score (nSPS) is 14.6. The molecule has 0 aromatic heterocycles. The van der Waals surface area contributed by atoms with Crippen LogP contribution in [0.1, 0.15) is 30.5 Å². The Balaban J connectivity index is 1.64. The van der Waals surface area contributed by atoms with Crippen molar-refractivity contribution in [2.45, 2.75) is 26.9 Å². The van der Waals surface area contributed by atoms with Gasteiger partial charge in [-0.2, -0.15) is 0 Å². The second-order valence-corrected chi connectivity index (χ2v) is 8.56. The van der Waals surface area contributed by atoms with Gasteiger partial charge in [-0.3, -0.25) is 14.9 Å². The monoisotopic (exact) mass is 522 g/mol. The summed E-state index contributed by atoms with van der Waals surface area (Å²) in [6, 6.07) is 15.1. The Labute approximate surface area is 218 Å². The van der Waals surface area contributed by atoms with Crippen LogP contribution in [-0.2, 0) is 22.6 Å². The van der Waals surface area contributed by atoms with Gasteiger partial charge >= 0.3 is 6.03 Å². The second-order valence-electron chi connectivity index (χ2n) is 8.16. The lowest BCUT2D eigenvalue weighted by atomic mass is 10.1. The minimum absolute atomic E-state index is 0.120. The molecule has 0 atom stereocenters. The van der Waals surface area contributed by atoms with Crippen LogP contribution in [0.2, 0.25) is 5.02 Å². The summed E-state index contributed by atoms with van der Waals surface area (Å²) in [5.74, 6) is -1.36. The average molecular weight is 523 g/mol. The first-order chi connectivity index (χ1) is 17.8. The van der Waals surface area contributed by atoms with Crippen molar-refractivity contribution in [3.63, 3.8) is 0 Å². The summed E-state index contributed by atoms with van der Waals surface area (Å²) in [5, 5.41) is 2.40. The van der Waals surface area contributed by atoms with E-state index in [-0.39, 0.29) is 28.8 Å². The van der Waals surface area contributed by atoms with Crippen LogP contribution in [0.5, 0.6) is 11.5 Å². The number of nitrogens with zero attached hydrogens (tertiary/aromatic N) is 1. The number of hydrogen-bond donors (Lipinski definition) is 1. The van der Waals surface area contributed by atoms with Crippen molar-refractivity contribution < 1.29 is 28.2 Å². The number of nitrogens with one attached hydrogen (secondary N) is 1. The molecule has 1 saturated heterocycles. The standard InChI is InChI=1S/C28H24ClFN2O5/c1-3-17-7-11-21(12-8-17)32-27(34)22(26(33)31-28(32)35)13-19-14-23(29)25(24(15-19)36-4-2)37-16-18-5-9-20(30)10-6-18/h5-15H,3-4,16H2,1-2H3,(H,31,33,35)/b22-13-. The highest BCUT2D eigenvalue weighted by atomic mass is 35.5. The zero-order chi connectivity index (χ0) is 26.5. The van der Waals surface area contributed by atoms with Crippen molar-refractivity contribution in [3.8, 4) is 11.5 Å². The van der Waals surface area contributed by atoms with Gasteiger partial charge in [0.25, 0.3) is 11.8 Å². The van der Waals surface area contributed by atoms with Crippen molar-refractivity contribution in [2.24, 2.45) is 0 Å². The van der Waals surface area contributed by atoms with Gasteiger partial charge in [0, 0.05) is 0 Å². The number of aryl methyl sites for hydroxylation is 1. The molecule has 0 saturated carbocycles. The number of hydrogen-bond acceptors (Lipinski definition) is 5. The summed E-state index contributed by atoms with van der Waals surface area (Å²) in [5.41, 5.74) is 2.28. The summed E-state index contributed by atoms with van der Waals surface area (Å²) in [7, 11) is 0. The second kappa shape index (κ2) is 11.3. The van der Waals surface area contributed by atoms with E-state index in [2.05, 4.69) is 5.32 Å². The molecule has 4 rings (SSSR count). The first-order valence-electron chi connectivity index (χ1n) is 11.6. The lowest BCUT2D eigenvalue weighted by Crippen LogP contribution is -2.54. The van der Waals surface area contributed by atoms with Gasteiger partial charge in [0.05, 0.1) is 17.3 Å². The molecule has 0 radical (unpaired) electrons. The number of carbonyl (C=O) groups excluding carboxylic acids is 3. The van der Waals surface area contributed by atoms with Crippen LogP contribution in [0.4, 0.5) is 14.9 Å². The third-order valence-electron chi connectivity index (χ3n) is 5.64. The maximum atomic E-state index is 13.2. The maximum Gasteiger partial charge on any atom is 0.335 e. The number of carbonyl (C=O) groups is 3. The molecule has 0 bridgehead atoms. The molecule has 0 spiro atoms. The summed E-state index contributed by atoms with van der Waals surface area (Å²) in [6.45, 7) is 4.20. The SMILES string of the molecule is CCOc1cc(/C=C2/C(=O)NC(=O)N(c3ccc(CC)cc3)C2=O)cc(Cl)c1OCc1ccc(F)cc1. The molecule has 0 unspecified atom stereocenters. The Hall–Kier alpha value is -4.17. The molecule has 0 aliphatic carbocycles. The Kier molecular flexibility index (Phi) is 7.89. The van der Waals surface area contributed by atoms with E-state index in [1.54, 1.807) is 37.3 Å². The molecule has 3 aromatic rings. The van der Waals surface area contributed by atoms with Gasteiger partial charge in [0.2, 0.25) is 0 Å². The van der Waals surface area contributed by atoms with Gasteiger partial charge in [0.1, 0.15) is 18.0 Å². The topological polar surface area (TPSA) is 84.9 Å². The molecular weight excluding hydrogens is 499 g/mol. The number of urea groups is 1. The van der Waals surface area contributed by atoms with Crippen LogP contribution in [-0.4, -0.2) is 24.5 Å². The Morgan fingerprint density at radius 1 is 0.946 bits per heavy atom. The van der Waals surface area contributed by atoms with Crippen molar-refractivity contribution >= 4 is 41.2 Å². The molecule has 1 aliphatic rings. The first-order valence-corrected chi connectivity index (χ1v) is 12.0. The fourth-order valence-electron chi connectivity index (χ4n) is 3.75. The van der Waals surface area contributed by atoms with Crippen molar-refractivity contribution in [2.75, 3.05) is 11.5 Å². The zero-order valence-electron chi connectivity index (χ0n) is 20.2. The molecule has 1 N–H and O–H groups in total. The molecule has 9 heteroatoms. The predicted octanol–water partition coefficient (Wildman–Crippen LogP) is 5.69. The fourth-order valence-corrected chi connectivity index (χ4v) is 4.02. The molecule has 7 nitrogen and oxygen atoms in total. The van der Waals surface area contributed by atoms with E-state index in [4.69, 9.17) is 21.1 Å². The van der Waals surface area contributed by atoms with E-state index in [1.807, 2.05) is 19.1 Å². The fraction of sp³-hybridized carbons (Fsp3) is 0.179. The largest absolute Gasteiger partial charge is 0.490 e. The smallest absolute Gasteiger partial charge is 0.335 e. The lowest BCUT2D eigenvalue weighted by Gasteiger charge is -2.26.